The van der Waals surface area contributed by atoms with Crippen molar-refractivity contribution in [3.63, 3.8) is 0 Å². The maximum absolute atomic E-state index is 5.65. The molecule has 9 nitrogen and oxygen atoms in total. The molecule has 0 radical (unpaired) electrons. The number of anilines is 1. The van der Waals surface area contributed by atoms with Crippen LogP contribution < -0.4 is 14.2 Å². The normalized spacial score (nSPS) is 12.9. The van der Waals surface area contributed by atoms with Crippen LogP contribution in [0.3, 0.4) is 0 Å². The van der Waals surface area contributed by atoms with Crippen molar-refractivity contribution in [1.82, 2.24) is 24.7 Å². The van der Waals surface area contributed by atoms with Crippen molar-refractivity contribution in [1.29, 1.82) is 0 Å². The Balaban J connectivity index is 1.89. The van der Waals surface area contributed by atoms with Crippen LogP contribution in [0.5, 0.6) is 11.5 Å². The highest BCUT2D eigenvalue weighted by Gasteiger charge is 2.23. The fourth-order valence-electron chi connectivity index (χ4n) is 3.33. The van der Waals surface area contributed by atoms with Crippen molar-refractivity contribution in [3.05, 3.63) is 47.8 Å². The summed E-state index contributed by atoms with van der Waals surface area (Å²) in [4.78, 5) is 8.90. The first-order chi connectivity index (χ1) is 16.0. The Labute approximate surface area is 199 Å². The van der Waals surface area contributed by atoms with Gasteiger partial charge in [-0.3, -0.25) is 19.3 Å². The number of ether oxygens (including phenoxy) is 3. The molecule has 1 N–H and O–H groups in total. The zero-order valence-corrected chi connectivity index (χ0v) is 20.8. The first-order valence-electron chi connectivity index (χ1n) is 10.8. The molecule has 1 aromatic carbocycles. The van der Waals surface area contributed by atoms with Gasteiger partial charge < -0.3 is 14.2 Å². The van der Waals surface area contributed by atoms with Gasteiger partial charge in [0.2, 0.25) is 5.95 Å². The van der Waals surface area contributed by atoms with Gasteiger partial charge in [-0.2, -0.15) is 0 Å². The van der Waals surface area contributed by atoms with E-state index in [2.05, 4.69) is 38.7 Å². The molecule has 0 saturated heterocycles. The van der Waals surface area contributed by atoms with Crippen molar-refractivity contribution in [2.45, 2.75) is 44.8 Å². The summed E-state index contributed by atoms with van der Waals surface area (Å²) >= 11 is 1.57. The van der Waals surface area contributed by atoms with E-state index in [0.29, 0.717) is 30.5 Å². The summed E-state index contributed by atoms with van der Waals surface area (Å²) in [6.07, 6.45) is 5.15. The third-order valence-corrected chi connectivity index (χ3v) is 6.49. The second-order valence-corrected chi connectivity index (χ2v) is 8.86. The first kappa shape index (κ1) is 24.8. The Bertz CT molecular complexity index is 1010. The Morgan fingerprint density at radius 3 is 2.36 bits per heavy atom. The number of nitrogens with zero attached hydrogens (tertiary/aromatic N) is 5. The molecule has 0 fully saturated rings. The minimum atomic E-state index is 0.189. The van der Waals surface area contributed by atoms with Crippen LogP contribution in [0.25, 0.3) is 5.69 Å². The van der Waals surface area contributed by atoms with Gasteiger partial charge in [0, 0.05) is 43.7 Å². The van der Waals surface area contributed by atoms with Gasteiger partial charge >= 0.3 is 0 Å². The van der Waals surface area contributed by atoms with Gasteiger partial charge in [-0.25, -0.2) is 0 Å². The van der Waals surface area contributed by atoms with Crippen LogP contribution in [0.1, 0.15) is 43.4 Å². The van der Waals surface area contributed by atoms with Crippen molar-refractivity contribution >= 4 is 17.9 Å². The maximum Gasteiger partial charge on any atom is 0.239 e. The SMILES string of the molecule is COCCCc1nnc(NSC(C)C(C)c2cnc(C)cn2)n1-c1c(OC)cccc1OC. The highest BCUT2D eigenvalue weighted by Crippen LogP contribution is 2.36. The van der Waals surface area contributed by atoms with E-state index in [9.17, 15) is 0 Å². The van der Waals surface area contributed by atoms with E-state index in [1.807, 2.05) is 35.9 Å². The predicted octanol–water partition coefficient (Wildman–Crippen LogP) is 4.21. The lowest BCUT2D eigenvalue weighted by atomic mass is 10.1. The van der Waals surface area contributed by atoms with Gasteiger partial charge in [-0.05, 0) is 37.4 Å². The molecule has 0 aliphatic rings. The third kappa shape index (κ3) is 5.94. The number of hydrogen-bond acceptors (Lipinski definition) is 9. The maximum atomic E-state index is 5.65. The standard InChI is InChI=1S/C23H32N6O3S/c1-15-13-25-18(14-24-15)16(2)17(3)33-28-23-27-26-21(11-8-12-30-4)29(23)22-19(31-5)9-7-10-20(22)32-6/h7,9-10,13-14,16-17H,8,11-12H2,1-6H3,(H,27,28). The molecule has 2 aromatic heterocycles. The lowest BCUT2D eigenvalue weighted by Gasteiger charge is -2.20. The van der Waals surface area contributed by atoms with Gasteiger partial charge in [-0.15, -0.1) is 10.2 Å². The number of hydrogen-bond donors (Lipinski definition) is 1. The van der Waals surface area contributed by atoms with E-state index in [1.54, 1.807) is 39.5 Å². The first-order valence-corrected chi connectivity index (χ1v) is 11.7. The minimum Gasteiger partial charge on any atom is -0.494 e. The summed E-state index contributed by atoms with van der Waals surface area (Å²) in [5, 5.41) is 9.09. The molecule has 178 valence electrons. The van der Waals surface area contributed by atoms with Gasteiger partial charge in [-0.1, -0.05) is 19.9 Å². The molecule has 3 rings (SSSR count). The molecule has 3 aromatic rings. The largest absolute Gasteiger partial charge is 0.494 e. The fourth-order valence-corrected chi connectivity index (χ4v) is 4.10. The summed E-state index contributed by atoms with van der Waals surface area (Å²) in [6.45, 7) is 6.86. The molecule has 10 heteroatoms. The number of rotatable bonds is 12. The smallest absolute Gasteiger partial charge is 0.239 e. The molecular weight excluding hydrogens is 440 g/mol. The van der Waals surface area contributed by atoms with Crippen LogP contribution in [-0.4, -0.2) is 57.9 Å². The summed E-state index contributed by atoms with van der Waals surface area (Å²) in [7, 11) is 4.97. The lowest BCUT2D eigenvalue weighted by molar-refractivity contribution is 0.194. The van der Waals surface area contributed by atoms with E-state index in [4.69, 9.17) is 14.2 Å². The topological polar surface area (TPSA) is 96.2 Å². The molecule has 33 heavy (non-hydrogen) atoms. The predicted molar refractivity (Wildman–Crippen MR) is 131 cm³/mol. The minimum absolute atomic E-state index is 0.189. The fraction of sp³-hybridized carbons (Fsp3) is 0.478. The number of aryl methyl sites for hydroxylation is 2. The van der Waals surface area contributed by atoms with Gasteiger partial charge in [0.25, 0.3) is 0 Å². The average molecular weight is 473 g/mol. The summed E-state index contributed by atoms with van der Waals surface area (Å²) in [5.74, 6) is 2.93. The molecule has 2 heterocycles. The highest BCUT2D eigenvalue weighted by molar-refractivity contribution is 8.01. The Morgan fingerprint density at radius 1 is 1.03 bits per heavy atom. The van der Waals surface area contributed by atoms with Crippen LogP contribution >= 0.6 is 11.9 Å². The number of para-hydroxylation sites is 1. The van der Waals surface area contributed by atoms with E-state index < -0.39 is 0 Å². The molecule has 0 saturated carbocycles. The van der Waals surface area contributed by atoms with Crippen LogP contribution in [0.4, 0.5) is 5.95 Å². The molecule has 0 amide bonds. The molecule has 0 bridgehead atoms. The molecule has 2 unspecified atom stereocenters. The zero-order chi connectivity index (χ0) is 23.8. The van der Waals surface area contributed by atoms with Gasteiger partial charge in [0.05, 0.1) is 25.6 Å². The van der Waals surface area contributed by atoms with Crippen LogP contribution in [0, 0.1) is 6.92 Å². The average Bonchev–Trinajstić information content (AvgIpc) is 3.24. The third-order valence-electron chi connectivity index (χ3n) is 5.41. The van der Waals surface area contributed by atoms with E-state index in [-0.39, 0.29) is 11.2 Å². The van der Waals surface area contributed by atoms with E-state index >= 15 is 0 Å². The summed E-state index contributed by atoms with van der Waals surface area (Å²) < 4.78 is 21.9. The monoisotopic (exact) mass is 472 g/mol. The number of nitrogens with one attached hydrogen (secondary N) is 1. The Morgan fingerprint density at radius 2 is 1.76 bits per heavy atom. The Kier molecular flexibility index (Phi) is 8.90. The Hall–Kier alpha value is -2.85. The van der Waals surface area contributed by atoms with Crippen molar-refractivity contribution < 1.29 is 14.2 Å². The molecular formula is C23H32N6O3S. The number of methoxy groups -OCH3 is 3. The molecule has 2 atom stereocenters. The zero-order valence-electron chi connectivity index (χ0n) is 20.0. The van der Waals surface area contributed by atoms with Crippen LogP contribution in [0.15, 0.2) is 30.6 Å². The quantitative estimate of drug-likeness (QED) is 0.307. The van der Waals surface area contributed by atoms with Crippen molar-refractivity contribution in [2.24, 2.45) is 0 Å². The lowest BCUT2D eigenvalue weighted by Crippen LogP contribution is -2.14. The van der Waals surface area contributed by atoms with Crippen molar-refractivity contribution in [2.75, 3.05) is 32.7 Å². The van der Waals surface area contributed by atoms with Gasteiger partial charge in [0.1, 0.15) is 23.0 Å². The molecule has 0 aliphatic heterocycles. The summed E-state index contributed by atoms with van der Waals surface area (Å²) in [5.41, 5.74) is 2.62. The summed E-state index contributed by atoms with van der Waals surface area (Å²) in [6, 6.07) is 5.69. The van der Waals surface area contributed by atoms with Gasteiger partial charge in [0.15, 0.2) is 0 Å². The van der Waals surface area contributed by atoms with E-state index in [1.165, 1.54) is 0 Å². The second kappa shape index (κ2) is 11.9. The molecule has 0 spiro atoms. The highest BCUT2D eigenvalue weighted by atomic mass is 32.2. The second-order valence-electron chi connectivity index (χ2n) is 7.68. The number of benzene rings is 1. The molecule has 0 aliphatic carbocycles. The van der Waals surface area contributed by atoms with Crippen molar-refractivity contribution in [3.8, 4) is 17.2 Å². The number of aromatic nitrogens is 5. The van der Waals surface area contributed by atoms with Crippen LogP contribution in [-0.2, 0) is 11.2 Å². The van der Waals surface area contributed by atoms with E-state index in [0.717, 1.165) is 29.3 Å². The van der Waals surface area contributed by atoms with Crippen LogP contribution in [0.2, 0.25) is 0 Å².